The molecule has 6 nitrogen and oxygen atoms in total. The number of nitrogens with zero attached hydrogens (tertiary/aromatic N) is 4. The topological polar surface area (TPSA) is 64.7 Å². The molecule has 0 radical (unpaired) electrons. The lowest BCUT2D eigenvalue weighted by Gasteiger charge is -2.08. The number of carbonyl (C=O) groups is 1. The molecule has 0 fully saturated rings. The number of amides is 1. The third-order valence-electron chi connectivity index (χ3n) is 4.29. The molecule has 0 saturated carbocycles. The second-order valence-corrected chi connectivity index (χ2v) is 7.18. The van der Waals surface area contributed by atoms with E-state index in [9.17, 15) is 4.79 Å². The van der Waals surface area contributed by atoms with Crippen LogP contribution in [0.2, 0.25) is 10.0 Å². The second kappa shape index (κ2) is 8.59. The Hall–Kier alpha value is -2.31. The molecule has 142 valence electrons. The Morgan fingerprint density at radius 1 is 1.19 bits per heavy atom. The third kappa shape index (κ3) is 4.90. The minimum Gasteiger partial charge on any atom is -0.352 e. The van der Waals surface area contributed by atoms with Gasteiger partial charge in [-0.05, 0) is 38.0 Å². The normalized spacial score (nSPS) is 11.0. The standard InChI is InChI=1S/C19H21Cl2N5O/c1-13-18(21)14(2)26(24-13)11-15-4-6-16(7-5-15)19(27)22-8-3-9-25-12-17(20)10-23-25/h4-7,10,12H,3,8-9,11H2,1-2H3,(H,22,27). The van der Waals surface area contributed by atoms with E-state index >= 15 is 0 Å². The van der Waals surface area contributed by atoms with Crippen LogP contribution in [0.15, 0.2) is 36.7 Å². The average molecular weight is 406 g/mol. The first-order valence-electron chi connectivity index (χ1n) is 8.68. The van der Waals surface area contributed by atoms with Gasteiger partial charge in [-0.3, -0.25) is 14.2 Å². The molecule has 2 aromatic heterocycles. The summed E-state index contributed by atoms with van der Waals surface area (Å²) in [6.07, 6.45) is 4.14. The van der Waals surface area contributed by atoms with Crippen molar-refractivity contribution in [3.05, 3.63) is 69.2 Å². The fourth-order valence-electron chi connectivity index (χ4n) is 2.77. The molecular formula is C19H21Cl2N5O. The molecule has 3 aromatic rings. The van der Waals surface area contributed by atoms with E-state index in [1.807, 2.05) is 42.8 Å². The molecular weight excluding hydrogens is 385 g/mol. The van der Waals surface area contributed by atoms with Crippen LogP contribution in [0.5, 0.6) is 0 Å². The highest BCUT2D eigenvalue weighted by molar-refractivity contribution is 6.31. The molecule has 0 saturated heterocycles. The zero-order valence-corrected chi connectivity index (χ0v) is 16.8. The van der Waals surface area contributed by atoms with Crippen molar-refractivity contribution in [3.8, 4) is 0 Å². The Morgan fingerprint density at radius 3 is 2.52 bits per heavy atom. The predicted molar refractivity (Wildman–Crippen MR) is 106 cm³/mol. The third-order valence-corrected chi connectivity index (χ3v) is 5.04. The van der Waals surface area contributed by atoms with Crippen molar-refractivity contribution in [2.75, 3.05) is 6.54 Å². The van der Waals surface area contributed by atoms with Gasteiger partial charge in [-0.15, -0.1) is 0 Å². The average Bonchev–Trinajstić information content (AvgIpc) is 3.18. The van der Waals surface area contributed by atoms with E-state index in [1.54, 1.807) is 17.1 Å². The molecule has 2 heterocycles. The molecule has 0 aliphatic rings. The van der Waals surface area contributed by atoms with Gasteiger partial charge in [-0.1, -0.05) is 35.3 Å². The van der Waals surface area contributed by atoms with E-state index in [-0.39, 0.29) is 5.91 Å². The van der Waals surface area contributed by atoms with Gasteiger partial charge in [0, 0.05) is 24.8 Å². The summed E-state index contributed by atoms with van der Waals surface area (Å²) in [7, 11) is 0. The van der Waals surface area contributed by atoms with Crippen molar-refractivity contribution in [2.45, 2.75) is 33.4 Å². The first-order chi connectivity index (χ1) is 12.9. The largest absolute Gasteiger partial charge is 0.352 e. The molecule has 0 aliphatic carbocycles. The van der Waals surface area contributed by atoms with E-state index < -0.39 is 0 Å². The number of halogens is 2. The van der Waals surface area contributed by atoms with E-state index in [4.69, 9.17) is 23.2 Å². The lowest BCUT2D eigenvalue weighted by Crippen LogP contribution is -2.25. The Kier molecular flexibility index (Phi) is 6.19. The Labute approximate surface area is 168 Å². The summed E-state index contributed by atoms with van der Waals surface area (Å²) in [4.78, 5) is 12.2. The van der Waals surface area contributed by atoms with Crippen molar-refractivity contribution in [1.82, 2.24) is 24.9 Å². The SMILES string of the molecule is Cc1nn(Cc2ccc(C(=O)NCCCn3cc(Cl)cn3)cc2)c(C)c1Cl. The van der Waals surface area contributed by atoms with Gasteiger partial charge in [-0.2, -0.15) is 10.2 Å². The van der Waals surface area contributed by atoms with Gasteiger partial charge in [0.1, 0.15) is 0 Å². The summed E-state index contributed by atoms with van der Waals surface area (Å²) in [6, 6.07) is 7.52. The van der Waals surface area contributed by atoms with Gasteiger partial charge < -0.3 is 5.32 Å². The molecule has 0 aliphatic heterocycles. The maximum atomic E-state index is 12.2. The first kappa shape index (κ1) is 19.5. The van der Waals surface area contributed by atoms with Crippen LogP contribution in [0, 0.1) is 13.8 Å². The van der Waals surface area contributed by atoms with Crippen molar-refractivity contribution in [2.24, 2.45) is 0 Å². The summed E-state index contributed by atoms with van der Waals surface area (Å²) in [6.45, 7) is 5.73. The highest BCUT2D eigenvalue weighted by atomic mass is 35.5. The predicted octanol–water partition coefficient (Wildman–Crippen LogP) is 3.87. The number of benzene rings is 1. The lowest BCUT2D eigenvalue weighted by atomic mass is 10.1. The number of carbonyl (C=O) groups excluding carboxylic acids is 1. The van der Waals surface area contributed by atoms with E-state index in [0.717, 1.165) is 23.4 Å². The van der Waals surface area contributed by atoms with Crippen LogP contribution in [0.1, 0.15) is 33.7 Å². The molecule has 1 aromatic carbocycles. The van der Waals surface area contributed by atoms with Gasteiger partial charge in [0.2, 0.25) is 0 Å². The fraction of sp³-hybridized carbons (Fsp3) is 0.316. The van der Waals surface area contributed by atoms with Crippen molar-refractivity contribution in [1.29, 1.82) is 0 Å². The van der Waals surface area contributed by atoms with Gasteiger partial charge in [-0.25, -0.2) is 0 Å². The highest BCUT2D eigenvalue weighted by Gasteiger charge is 2.10. The van der Waals surface area contributed by atoms with Crippen molar-refractivity contribution in [3.63, 3.8) is 0 Å². The quantitative estimate of drug-likeness (QED) is 0.606. The van der Waals surface area contributed by atoms with Crippen molar-refractivity contribution < 1.29 is 4.79 Å². The van der Waals surface area contributed by atoms with Crippen LogP contribution in [-0.2, 0) is 13.1 Å². The minimum absolute atomic E-state index is 0.0887. The number of hydrogen-bond donors (Lipinski definition) is 1. The molecule has 27 heavy (non-hydrogen) atoms. The maximum absolute atomic E-state index is 12.2. The molecule has 0 atom stereocenters. The molecule has 1 amide bonds. The fourth-order valence-corrected chi connectivity index (χ4v) is 3.06. The second-order valence-electron chi connectivity index (χ2n) is 6.37. The molecule has 1 N–H and O–H groups in total. The molecule has 8 heteroatoms. The molecule has 0 spiro atoms. The summed E-state index contributed by atoms with van der Waals surface area (Å²) >= 11 is 12.0. The Morgan fingerprint density at radius 2 is 1.93 bits per heavy atom. The zero-order chi connectivity index (χ0) is 19.4. The maximum Gasteiger partial charge on any atom is 0.251 e. The summed E-state index contributed by atoms with van der Waals surface area (Å²) in [5.41, 5.74) is 3.45. The van der Waals surface area contributed by atoms with Crippen LogP contribution in [-0.4, -0.2) is 32.0 Å². The van der Waals surface area contributed by atoms with Gasteiger partial charge >= 0.3 is 0 Å². The van der Waals surface area contributed by atoms with Crippen LogP contribution in [0.3, 0.4) is 0 Å². The van der Waals surface area contributed by atoms with Gasteiger partial charge in [0.25, 0.3) is 5.91 Å². The lowest BCUT2D eigenvalue weighted by molar-refractivity contribution is 0.0952. The molecule has 3 rings (SSSR count). The van der Waals surface area contributed by atoms with Gasteiger partial charge in [0.05, 0.1) is 34.2 Å². The number of aryl methyl sites for hydroxylation is 2. The summed E-state index contributed by atoms with van der Waals surface area (Å²) < 4.78 is 3.63. The van der Waals surface area contributed by atoms with E-state index in [1.165, 1.54) is 0 Å². The minimum atomic E-state index is -0.0887. The highest BCUT2D eigenvalue weighted by Crippen LogP contribution is 2.20. The van der Waals surface area contributed by atoms with E-state index in [2.05, 4.69) is 15.5 Å². The smallest absolute Gasteiger partial charge is 0.251 e. The first-order valence-corrected chi connectivity index (χ1v) is 9.44. The van der Waals surface area contributed by atoms with Crippen LogP contribution >= 0.6 is 23.2 Å². The number of aromatic nitrogens is 4. The molecule has 0 bridgehead atoms. The Balaban J connectivity index is 1.50. The zero-order valence-electron chi connectivity index (χ0n) is 15.2. The number of nitrogens with one attached hydrogen (secondary N) is 1. The number of rotatable bonds is 7. The summed E-state index contributed by atoms with van der Waals surface area (Å²) in [5, 5.41) is 12.8. The van der Waals surface area contributed by atoms with Crippen LogP contribution < -0.4 is 5.32 Å². The van der Waals surface area contributed by atoms with Gasteiger partial charge in [0.15, 0.2) is 0 Å². The summed E-state index contributed by atoms with van der Waals surface area (Å²) in [5.74, 6) is -0.0887. The van der Waals surface area contributed by atoms with Crippen LogP contribution in [0.25, 0.3) is 0 Å². The van der Waals surface area contributed by atoms with Crippen molar-refractivity contribution >= 4 is 29.1 Å². The Bertz CT molecular complexity index is 930. The monoisotopic (exact) mass is 405 g/mol. The number of hydrogen-bond acceptors (Lipinski definition) is 3. The van der Waals surface area contributed by atoms with E-state index in [0.29, 0.717) is 35.2 Å². The van der Waals surface area contributed by atoms with Crippen LogP contribution in [0.4, 0.5) is 0 Å². The molecule has 0 unspecified atom stereocenters.